The number of fused-ring (bicyclic) bond motifs is 1. The maximum atomic E-state index is 6.04. The van der Waals surface area contributed by atoms with Crippen molar-refractivity contribution in [2.45, 2.75) is 19.9 Å². The van der Waals surface area contributed by atoms with Crippen molar-refractivity contribution in [1.29, 1.82) is 0 Å². The first-order chi connectivity index (χ1) is 10.1. The van der Waals surface area contributed by atoms with E-state index in [1.807, 2.05) is 18.5 Å². The molecule has 3 aromatic rings. The molecule has 0 saturated heterocycles. The topological polar surface area (TPSA) is 43.8 Å². The molecule has 0 amide bonds. The minimum atomic E-state index is 0.0922. The molecule has 3 rings (SSSR count). The molecular weight excluding hydrogens is 326 g/mol. The quantitative estimate of drug-likeness (QED) is 0.781. The summed E-state index contributed by atoms with van der Waals surface area (Å²) < 4.78 is 3.23. The third kappa shape index (κ3) is 2.61. The summed E-state index contributed by atoms with van der Waals surface area (Å²) in [6.45, 7) is 4.78. The molecule has 0 bridgehead atoms. The van der Waals surface area contributed by atoms with Gasteiger partial charge in [-0.3, -0.25) is 0 Å². The van der Waals surface area contributed by atoms with E-state index in [2.05, 4.69) is 63.6 Å². The molecule has 0 spiro atoms. The Morgan fingerprint density at radius 2 is 1.95 bits per heavy atom. The van der Waals surface area contributed by atoms with Crippen LogP contribution in [0, 0.1) is 13.8 Å². The first-order valence-corrected chi connectivity index (χ1v) is 7.79. The summed E-state index contributed by atoms with van der Waals surface area (Å²) in [6.07, 6.45) is 1.89. The Hall–Kier alpha value is -1.65. The van der Waals surface area contributed by atoms with E-state index < -0.39 is 0 Å². The molecule has 0 aliphatic carbocycles. The zero-order valence-electron chi connectivity index (χ0n) is 12.2. The molecule has 1 unspecified atom stereocenters. The van der Waals surface area contributed by atoms with E-state index in [9.17, 15) is 0 Å². The third-order valence-corrected chi connectivity index (χ3v) is 4.48. The molecule has 108 valence electrons. The lowest BCUT2D eigenvalue weighted by Crippen LogP contribution is -2.19. The highest BCUT2D eigenvalue weighted by atomic mass is 79.9. The van der Waals surface area contributed by atoms with E-state index in [0.29, 0.717) is 6.54 Å². The normalized spacial score (nSPS) is 12.8. The van der Waals surface area contributed by atoms with Crippen LogP contribution in [0.5, 0.6) is 0 Å². The van der Waals surface area contributed by atoms with E-state index >= 15 is 0 Å². The number of nitrogens with zero attached hydrogens (tertiary/aromatic N) is 2. The number of hydrogen-bond acceptors (Lipinski definition) is 2. The molecule has 4 heteroatoms. The average molecular weight is 344 g/mol. The summed E-state index contributed by atoms with van der Waals surface area (Å²) in [5, 5.41) is 0. The van der Waals surface area contributed by atoms with Gasteiger partial charge in [0.05, 0.1) is 23.4 Å². The van der Waals surface area contributed by atoms with Gasteiger partial charge in [0.1, 0.15) is 0 Å². The van der Waals surface area contributed by atoms with Crippen LogP contribution < -0.4 is 5.73 Å². The molecule has 2 aromatic carbocycles. The van der Waals surface area contributed by atoms with Gasteiger partial charge in [-0.2, -0.15) is 0 Å². The van der Waals surface area contributed by atoms with Gasteiger partial charge in [-0.25, -0.2) is 4.98 Å². The second-order valence-electron chi connectivity index (χ2n) is 5.38. The average Bonchev–Trinajstić information content (AvgIpc) is 2.84. The highest BCUT2D eigenvalue weighted by Gasteiger charge is 2.15. The first kappa shape index (κ1) is 14.3. The first-order valence-electron chi connectivity index (χ1n) is 6.99. The van der Waals surface area contributed by atoms with E-state index in [0.717, 1.165) is 15.5 Å². The molecule has 0 fully saturated rings. The molecule has 1 aromatic heterocycles. The second-order valence-corrected chi connectivity index (χ2v) is 6.30. The van der Waals surface area contributed by atoms with Gasteiger partial charge in [0.15, 0.2) is 0 Å². The predicted octanol–water partition coefficient (Wildman–Crippen LogP) is 3.96. The lowest BCUT2D eigenvalue weighted by molar-refractivity contribution is 0.610. The largest absolute Gasteiger partial charge is 0.328 e. The van der Waals surface area contributed by atoms with E-state index in [1.165, 1.54) is 16.7 Å². The van der Waals surface area contributed by atoms with Crippen LogP contribution in [0.1, 0.15) is 22.7 Å². The van der Waals surface area contributed by atoms with Crippen LogP contribution in [-0.2, 0) is 0 Å². The number of aromatic nitrogens is 2. The highest BCUT2D eigenvalue weighted by molar-refractivity contribution is 9.10. The molecule has 3 nitrogen and oxygen atoms in total. The number of rotatable bonds is 3. The van der Waals surface area contributed by atoms with Crippen molar-refractivity contribution in [3.63, 3.8) is 0 Å². The molecule has 0 radical (unpaired) electrons. The van der Waals surface area contributed by atoms with Crippen LogP contribution in [-0.4, -0.2) is 16.1 Å². The van der Waals surface area contributed by atoms with E-state index in [4.69, 9.17) is 5.73 Å². The molecule has 1 heterocycles. The number of benzene rings is 2. The molecule has 2 N–H and O–H groups in total. The summed E-state index contributed by atoms with van der Waals surface area (Å²) >= 11 is 3.53. The van der Waals surface area contributed by atoms with Crippen LogP contribution in [0.15, 0.2) is 47.2 Å². The van der Waals surface area contributed by atoms with Crippen molar-refractivity contribution in [2.24, 2.45) is 5.73 Å². The fraction of sp³-hybridized carbons (Fsp3) is 0.235. The minimum absolute atomic E-state index is 0.0922. The molecular formula is C17H18BrN3. The highest BCUT2D eigenvalue weighted by Crippen LogP contribution is 2.26. The van der Waals surface area contributed by atoms with Gasteiger partial charge in [0.2, 0.25) is 0 Å². The summed E-state index contributed by atoms with van der Waals surface area (Å²) in [5.74, 6) is 0. The van der Waals surface area contributed by atoms with E-state index in [-0.39, 0.29) is 6.04 Å². The Labute approximate surface area is 132 Å². The summed E-state index contributed by atoms with van der Waals surface area (Å²) in [4.78, 5) is 4.53. The lowest BCUT2D eigenvalue weighted by Gasteiger charge is -2.18. The zero-order valence-corrected chi connectivity index (χ0v) is 13.8. The molecule has 0 aliphatic rings. The monoisotopic (exact) mass is 343 g/mol. The van der Waals surface area contributed by atoms with Crippen molar-refractivity contribution in [2.75, 3.05) is 6.54 Å². The lowest BCUT2D eigenvalue weighted by atomic mass is 10.1. The molecule has 1 atom stereocenters. The zero-order chi connectivity index (χ0) is 15.0. The van der Waals surface area contributed by atoms with Crippen molar-refractivity contribution in [1.82, 2.24) is 9.55 Å². The molecule has 0 aliphatic heterocycles. The molecule has 21 heavy (non-hydrogen) atoms. The fourth-order valence-corrected chi connectivity index (χ4v) is 3.07. The maximum Gasteiger partial charge on any atom is 0.0964 e. The van der Waals surface area contributed by atoms with Crippen LogP contribution >= 0.6 is 15.9 Å². The SMILES string of the molecule is Cc1cc2ncn(C(CN)c3cccc(Br)c3)c2cc1C. The predicted molar refractivity (Wildman–Crippen MR) is 90.5 cm³/mol. The summed E-state index contributed by atoms with van der Waals surface area (Å²) in [5.41, 5.74) is 11.9. The van der Waals surface area contributed by atoms with Crippen LogP contribution in [0.3, 0.4) is 0 Å². The fourth-order valence-electron chi connectivity index (χ4n) is 2.65. The Morgan fingerprint density at radius 3 is 2.67 bits per heavy atom. The smallest absolute Gasteiger partial charge is 0.0964 e. The Balaban J connectivity index is 2.15. The maximum absolute atomic E-state index is 6.04. The Morgan fingerprint density at radius 1 is 1.19 bits per heavy atom. The van der Waals surface area contributed by atoms with Gasteiger partial charge in [0, 0.05) is 11.0 Å². The van der Waals surface area contributed by atoms with Crippen molar-refractivity contribution in [3.05, 3.63) is 63.9 Å². The third-order valence-electron chi connectivity index (χ3n) is 3.98. The van der Waals surface area contributed by atoms with Gasteiger partial charge < -0.3 is 10.3 Å². The van der Waals surface area contributed by atoms with E-state index in [1.54, 1.807) is 0 Å². The van der Waals surface area contributed by atoms with Crippen molar-refractivity contribution < 1.29 is 0 Å². The number of hydrogen-bond donors (Lipinski definition) is 1. The van der Waals surface area contributed by atoms with Crippen LogP contribution in [0.4, 0.5) is 0 Å². The van der Waals surface area contributed by atoms with Crippen molar-refractivity contribution in [3.8, 4) is 0 Å². The number of nitrogens with two attached hydrogens (primary N) is 1. The number of imidazole rings is 1. The number of halogens is 1. The Bertz CT molecular complexity index is 792. The van der Waals surface area contributed by atoms with Crippen molar-refractivity contribution >= 4 is 27.0 Å². The van der Waals surface area contributed by atoms with Gasteiger partial charge >= 0.3 is 0 Å². The minimum Gasteiger partial charge on any atom is -0.328 e. The van der Waals surface area contributed by atoms with Crippen LogP contribution in [0.25, 0.3) is 11.0 Å². The standard InChI is InChI=1S/C17H18BrN3/c1-11-6-15-16(7-12(11)2)21(10-20-15)17(9-19)13-4-3-5-14(18)8-13/h3-8,10,17H,9,19H2,1-2H3. The van der Waals surface area contributed by atoms with Gasteiger partial charge in [0.25, 0.3) is 0 Å². The summed E-state index contributed by atoms with van der Waals surface area (Å²) in [7, 11) is 0. The van der Waals surface area contributed by atoms with Crippen LogP contribution in [0.2, 0.25) is 0 Å². The number of aryl methyl sites for hydroxylation is 2. The van der Waals surface area contributed by atoms with Gasteiger partial charge in [-0.15, -0.1) is 0 Å². The second kappa shape index (κ2) is 5.62. The Kier molecular flexibility index (Phi) is 3.83. The van der Waals surface area contributed by atoms with Gasteiger partial charge in [-0.05, 0) is 54.8 Å². The van der Waals surface area contributed by atoms with Gasteiger partial charge in [-0.1, -0.05) is 28.1 Å². The molecule has 0 saturated carbocycles. The summed E-state index contributed by atoms with van der Waals surface area (Å²) in [6, 6.07) is 12.7.